The third-order valence-corrected chi connectivity index (χ3v) is 3.49. The summed E-state index contributed by atoms with van der Waals surface area (Å²) in [6.45, 7) is 2.06. The Morgan fingerprint density at radius 2 is 2.22 bits per heavy atom. The van der Waals surface area contributed by atoms with Crippen LogP contribution in [-0.2, 0) is 6.42 Å². The molecular weight excluding hydrogens is 240 g/mol. The molecule has 1 unspecified atom stereocenters. The second-order valence-corrected chi connectivity index (χ2v) is 4.78. The fourth-order valence-electron chi connectivity index (χ4n) is 2.58. The molecule has 0 amide bonds. The first-order valence-corrected chi connectivity index (χ1v) is 6.15. The highest BCUT2D eigenvalue weighted by Crippen LogP contribution is 2.40. The molecule has 0 spiro atoms. The summed E-state index contributed by atoms with van der Waals surface area (Å²) in [5.74, 6) is 1.59. The summed E-state index contributed by atoms with van der Waals surface area (Å²) in [5, 5.41) is 3.28. The van der Waals surface area contributed by atoms with Gasteiger partial charge in [-0.2, -0.15) is 0 Å². The van der Waals surface area contributed by atoms with Crippen LogP contribution < -0.4 is 14.8 Å². The van der Waals surface area contributed by atoms with Gasteiger partial charge >= 0.3 is 0 Å². The van der Waals surface area contributed by atoms with Gasteiger partial charge < -0.3 is 14.8 Å². The molecule has 0 aliphatic carbocycles. The van der Waals surface area contributed by atoms with E-state index in [9.17, 15) is 8.78 Å². The second kappa shape index (κ2) is 4.72. The summed E-state index contributed by atoms with van der Waals surface area (Å²) in [5.41, 5.74) is 0.856. The third-order valence-electron chi connectivity index (χ3n) is 3.49. The van der Waals surface area contributed by atoms with E-state index in [1.54, 1.807) is 6.07 Å². The first-order valence-electron chi connectivity index (χ1n) is 6.15. The van der Waals surface area contributed by atoms with Crippen molar-refractivity contribution in [2.45, 2.75) is 19.3 Å². The van der Waals surface area contributed by atoms with Crippen LogP contribution in [0.1, 0.15) is 24.0 Å². The van der Waals surface area contributed by atoms with E-state index in [4.69, 9.17) is 9.47 Å². The van der Waals surface area contributed by atoms with E-state index in [1.165, 1.54) is 6.07 Å². The van der Waals surface area contributed by atoms with Gasteiger partial charge in [0, 0.05) is 5.56 Å². The van der Waals surface area contributed by atoms with Crippen molar-refractivity contribution in [1.29, 1.82) is 0 Å². The SMILES string of the molecule is FC(F)c1cc(CC2CCNC2)c2c(c1)OCO2. The van der Waals surface area contributed by atoms with E-state index in [-0.39, 0.29) is 12.4 Å². The van der Waals surface area contributed by atoms with Gasteiger partial charge in [-0.05, 0) is 49.5 Å². The van der Waals surface area contributed by atoms with E-state index >= 15 is 0 Å². The predicted molar refractivity (Wildman–Crippen MR) is 62.2 cm³/mol. The summed E-state index contributed by atoms with van der Waals surface area (Å²) in [6, 6.07) is 2.93. The molecule has 18 heavy (non-hydrogen) atoms. The van der Waals surface area contributed by atoms with Crippen LogP contribution in [0.4, 0.5) is 8.78 Å². The van der Waals surface area contributed by atoms with E-state index in [1.807, 2.05) is 0 Å². The molecule has 0 aromatic heterocycles. The maximum absolute atomic E-state index is 12.8. The Morgan fingerprint density at radius 3 is 2.94 bits per heavy atom. The van der Waals surface area contributed by atoms with Crippen molar-refractivity contribution >= 4 is 0 Å². The Kier molecular flexibility index (Phi) is 3.07. The molecule has 0 bridgehead atoms. The number of ether oxygens (including phenoxy) is 2. The molecule has 3 rings (SSSR count). The zero-order valence-electron chi connectivity index (χ0n) is 9.92. The van der Waals surface area contributed by atoms with Crippen LogP contribution in [0.25, 0.3) is 0 Å². The van der Waals surface area contributed by atoms with Crippen LogP contribution in [0.2, 0.25) is 0 Å². The second-order valence-electron chi connectivity index (χ2n) is 4.78. The smallest absolute Gasteiger partial charge is 0.263 e. The lowest BCUT2D eigenvalue weighted by molar-refractivity contribution is 0.150. The largest absolute Gasteiger partial charge is 0.454 e. The van der Waals surface area contributed by atoms with Crippen molar-refractivity contribution in [2.24, 2.45) is 5.92 Å². The first-order chi connectivity index (χ1) is 8.74. The van der Waals surface area contributed by atoms with E-state index in [0.29, 0.717) is 17.4 Å². The van der Waals surface area contributed by atoms with Gasteiger partial charge in [0.25, 0.3) is 6.43 Å². The topological polar surface area (TPSA) is 30.5 Å². The average Bonchev–Trinajstić information content (AvgIpc) is 2.98. The summed E-state index contributed by atoms with van der Waals surface area (Å²) in [4.78, 5) is 0. The third kappa shape index (κ3) is 2.14. The van der Waals surface area contributed by atoms with Crippen molar-refractivity contribution in [3.05, 3.63) is 23.3 Å². The highest BCUT2D eigenvalue weighted by Gasteiger charge is 2.24. The first kappa shape index (κ1) is 11.7. The van der Waals surface area contributed by atoms with Crippen molar-refractivity contribution < 1.29 is 18.3 Å². The Bertz CT molecular complexity index is 445. The fourth-order valence-corrected chi connectivity index (χ4v) is 2.58. The molecule has 1 aromatic carbocycles. The van der Waals surface area contributed by atoms with Gasteiger partial charge in [-0.25, -0.2) is 8.78 Å². The molecule has 98 valence electrons. The van der Waals surface area contributed by atoms with Crippen LogP contribution in [0.5, 0.6) is 11.5 Å². The molecule has 5 heteroatoms. The van der Waals surface area contributed by atoms with Crippen molar-refractivity contribution in [3.8, 4) is 11.5 Å². The van der Waals surface area contributed by atoms with Crippen molar-refractivity contribution in [3.63, 3.8) is 0 Å². The average molecular weight is 255 g/mol. The number of halogens is 2. The van der Waals surface area contributed by atoms with Crippen LogP contribution >= 0.6 is 0 Å². The Morgan fingerprint density at radius 1 is 1.33 bits per heavy atom. The lowest BCUT2D eigenvalue weighted by Crippen LogP contribution is -2.11. The quantitative estimate of drug-likeness (QED) is 0.900. The standard InChI is InChI=1S/C13H15F2NO2/c14-13(15)10-4-9(3-8-1-2-16-6-8)12-11(5-10)17-7-18-12/h4-5,8,13,16H,1-3,6-7H2. The fraction of sp³-hybridized carbons (Fsp3) is 0.538. The van der Waals surface area contributed by atoms with Gasteiger partial charge in [-0.1, -0.05) is 0 Å². The molecule has 1 aromatic rings. The van der Waals surface area contributed by atoms with Crippen LogP contribution in [0.3, 0.4) is 0 Å². The number of hydrogen-bond acceptors (Lipinski definition) is 3. The number of fused-ring (bicyclic) bond motifs is 1. The van der Waals surface area contributed by atoms with Crippen molar-refractivity contribution in [1.82, 2.24) is 5.32 Å². The number of benzene rings is 1. The molecule has 1 saturated heterocycles. The molecule has 0 saturated carbocycles. The van der Waals surface area contributed by atoms with Gasteiger partial charge in [-0.3, -0.25) is 0 Å². The summed E-state index contributed by atoms with van der Waals surface area (Å²) in [7, 11) is 0. The molecule has 3 nitrogen and oxygen atoms in total. The van der Waals surface area contributed by atoms with Crippen LogP contribution in [0, 0.1) is 5.92 Å². The Hall–Kier alpha value is -1.36. The van der Waals surface area contributed by atoms with Gasteiger partial charge in [0.05, 0.1) is 0 Å². The normalized spacial score (nSPS) is 21.8. The summed E-state index contributed by atoms with van der Waals surface area (Å²) < 4.78 is 36.3. The molecule has 1 fully saturated rings. The van der Waals surface area contributed by atoms with Crippen molar-refractivity contribution in [2.75, 3.05) is 19.9 Å². The minimum atomic E-state index is -2.47. The number of rotatable bonds is 3. The molecule has 1 atom stereocenters. The number of nitrogens with one attached hydrogen (secondary N) is 1. The maximum Gasteiger partial charge on any atom is 0.263 e. The monoisotopic (exact) mass is 255 g/mol. The number of alkyl halides is 2. The van der Waals surface area contributed by atoms with Gasteiger partial charge in [0.15, 0.2) is 11.5 Å². The lowest BCUT2D eigenvalue weighted by atomic mass is 9.96. The van der Waals surface area contributed by atoms with Gasteiger partial charge in [0.2, 0.25) is 6.79 Å². The summed E-state index contributed by atoms with van der Waals surface area (Å²) in [6.07, 6.45) is -0.631. The molecule has 0 radical (unpaired) electrons. The molecule has 2 aliphatic rings. The van der Waals surface area contributed by atoms with E-state index in [0.717, 1.165) is 31.5 Å². The van der Waals surface area contributed by atoms with Crippen LogP contribution in [-0.4, -0.2) is 19.9 Å². The minimum absolute atomic E-state index is 0.0141. The Labute approximate surface area is 104 Å². The molecular formula is C13H15F2NO2. The van der Waals surface area contributed by atoms with E-state index < -0.39 is 6.43 Å². The molecule has 2 heterocycles. The zero-order valence-corrected chi connectivity index (χ0v) is 9.92. The van der Waals surface area contributed by atoms with Crippen LogP contribution in [0.15, 0.2) is 12.1 Å². The van der Waals surface area contributed by atoms with Gasteiger partial charge in [-0.15, -0.1) is 0 Å². The van der Waals surface area contributed by atoms with Gasteiger partial charge in [0.1, 0.15) is 0 Å². The lowest BCUT2D eigenvalue weighted by Gasteiger charge is -2.12. The predicted octanol–water partition coefficient (Wildman–Crippen LogP) is 2.50. The highest BCUT2D eigenvalue weighted by molar-refractivity contribution is 5.51. The molecule has 1 N–H and O–H groups in total. The van der Waals surface area contributed by atoms with E-state index in [2.05, 4.69) is 5.32 Å². The Balaban J connectivity index is 1.90. The maximum atomic E-state index is 12.8. The summed E-state index contributed by atoms with van der Waals surface area (Å²) >= 11 is 0. The highest BCUT2D eigenvalue weighted by atomic mass is 19.3. The minimum Gasteiger partial charge on any atom is -0.454 e. The molecule has 2 aliphatic heterocycles. The zero-order chi connectivity index (χ0) is 12.5. The number of hydrogen-bond donors (Lipinski definition) is 1.